The number of primary amides is 1. The van der Waals surface area contributed by atoms with Crippen molar-refractivity contribution in [1.82, 2.24) is 0 Å². The van der Waals surface area contributed by atoms with Crippen molar-refractivity contribution < 1.29 is 14.7 Å². The third kappa shape index (κ3) is 5.53. The van der Waals surface area contributed by atoms with E-state index in [4.69, 9.17) is 5.73 Å². The molecule has 0 atom stereocenters. The maximum absolute atomic E-state index is 11.0. The Kier molecular flexibility index (Phi) is 7.25. The first-order valence-electron chi connectivity index (χ1n) is 5.73. The molecule has 0 aromatic carbocycles. The first-order valence-corrected chi connectivity index (χ1v) is 5.73. The molecule has 0 radical (unpaired) electrons. The predicted octanol–water partition coefficient (Wildman–Crippen LogP) is 2.23. The number of aliphatic hydroxyl groups is 1. The van der Waals surface area contributed by atoms with Crippen molar-refractivity contribution in [2.45, 2.75) is 52.4 Å². The summed E-state index contributed by atoms with van der Waals surface area (Å²) in [5.74, 6) is -1.49. The van der Waals surface area contributed by atoms with Crippen LogP contribution < -0.4 is 5.73 Å². The van der Waals surface area contributed by atoms with E-state index in [1.807, 2.05) is 0 Å². The topological polar surface area (TPSA) is 80.4 Å². The first-order chi connectivity index (χ1) is 7.50. The van der Waals surface area contributed by atoms with Gasteiger partial charge in [0.1, 0.15) is 11.3 Å². The van der Waals surface area contributed by atoms with E-state index in [1.165, 1.54) is 13.3 Å². The Labute approximate surface area is 96.5 Å². The quantitative estimate of drug-likeness (QED) is 0.219. The van der Waals surface area contributed by atoms with Gasteiger partial charge in [-0.25, -0.2) is 0 Å². The van der Waals surface area contributed by atoms with Crippen molar-refractivity contribution in [3.63, 3.8) is 0 Å². The lowest BCUT2D eigenvalue weighted by molar-refractivity contribution is -0.120. The van der Waals surface area contributed by atoms with E-state index < -0.39 is 11.7 Å². The SMILES string of the molecule is CCCCCCCC(O)=C(C(C)=O)C(N)=O. The Morgan fingerprint density at radius 2 is 1.69 bits per heavy atom. The molecule has 0 saturated heterocycles. The number of Topliss-reactive ketones (excluding diaryl/α,β-unsaturated/α-hetero) is 1. The van der Waals surface area contributed by atoms with E-state index in [2.05, 4.69) is 6.92 Å². The molecule has 0 aromatic heterocycles. The van der Waals surface area contributed by atoms with Crippen LogP contribution in [0.25, 0.3) is 0 Å². The molecule has 0 unspecified atom stereocenters. The fraction of sp³-hybridized carbons (Fsp3) is 0.667. The molecule has 4 nitrogen and oxygen atoms in total. The van der Waals surface area contributed by atoms with Crippen LogP contribution in [0.4, 0.5) is 0 Å². The maximum Gasteiger partial charge on any atom is 0.255 e. The van der Waals surface area contributed by atoms with Gasteiger partial charge in [0.15, 0.2) is 5.78 Å². The number of amides is 1. The van der Waals surface area contributed by atoms with Gasteiger partial charge in [0.05, 0.1) is 0 Å². The summed E-state index contributed by atoms with van der Waals surface area (Å²) in [6.45, 7) is 3.35. The van der Waals surface area contributed by atoms with Crippen molar-refractivity contribution in [3.05, 3.63) is 11.3 Å². The summed E-state index contributed by atoms with van der Waals surface area (Å²) in [7, 11) is 0. The van der Waals surface area contributed by atoms with Crippen LogP contribution in [0.1, 0.15) is 52.4 Å². The van der Waals surface area contributed by atoms with Crippen LogP contribution in [0.3, 0.4) is 0 Å². The molecular formula is C12H21NO3. The van der Waals surface area contributed by atoms with Crippen molar-refractivity contribution in [3.8, 4) is 0 Å². The molecule has 0 bridgehead atoms. The molecule has 4 heteroatoms. The average molecular weight is 227 g/mol. The highest BCUT2D eigenvalue weighted by atomic mass is 16.3. The summed E-state index contributed by atoms with van der Waals surface area (Å²) >= 11 is 0. The Bertz CT molecular complexity index is 266. The van der Waals surface area contributed by atoms with Crippen molar-refractivity contribution in [1.29, 1.82) is 0 Å². The third-order valence-electron chi connectivity index (χ3n) is 2.40. The smallest absolute Gasteiger partial charge is 0.255 e. The molecule has 0 aliphatic carbocycles. The number of hydrogen-bond donors (Lipinski definition) is 2. The molecule has 0 aromatic rings. The van der Waals surface area contributed by atoms with Crippen molar-refractivity contribution in [2.24, 2.45) is 5.73 Å². The van der Waals surface area contributed by atoms with Gasteiger partial charge in [-0.2, -0.15) is 0 Å². The molecule has 0 fully saturated rings. The van der Waals surface area contributed by atoms with Crippen LogP contribution in [0.15, 0.2) is 11.3 Å². The van der Waals surface area contributed by atoms with Gasteiger partial charge in [0, 0.05) is 6.42 Å². The van der Waals surface area contributed by atoms with E-state index >= 15 is 0 Å². The predicted molar refractivity (Wildman–Crippen MR) is 62.9 cm³/mol. The number of nitrogens with two attached hydrogens (primary N) is 1. The number of unbranched alkanes of at least 4 members (excludes halogenated alkanes) is 4. The monoisotopic (exact) mass is 227 g/mol. The normalized spacial score (nSPS) is 12.1. The van der Waals surface area contributed by atoms with Crippen molar-refractivity contribution >= 4 is 11.7 Å². The lowest BCUT2D eigenvalue weighted by Gasteiger charge is -2.04. The number of ketones is 1. The molecule has 92 valence electrons. The number of allylic oxidation sites excluding steroid dienone is 1. The fourth-order valence-corrected chi connectivity index (χ4v) is 1.54. The average Bonchev–Trinajstić information content (AvgIpc) is 2.16. The van der Waals surface area contributed by atoms with Gasteiger partial charge < -0.3 is 10.8 Å². The van der Waals surface area contributed by atoms with E-state index in [-0.39, 0.29) is 11.3 Å². The lowest BCUT2D eigenvalue weighted by Crippen LogP contribution is -2.21. The summed E-state index contributed by atoms with van der Waals surface area (Å²) in [6, 6.07) is 0. The number of aliphatic hydroxyl groups excluding tert-OH is 1. The molecule has 0 spiro atoms. The van der Waals surface area contributed by atoms with E-state index in [9.17, 15) is 14.7 Å². The largest absolute Gasteiger partial charge is 0.511 e. The fourth-order valence-electron chi connectivity index (χ4n) is 1.54. The van der Waals surface area contributed by atoms with E-state index in [1.54, 1.807) is 0 Å². The molecule has 1 amide bonds. The number of carbonyl (C=O) groups excluding carboxylic acids is 2. The highest BCUT2D eigenvalue weighted by Gasteiger charge is 2.16. The molecule has 0 saturated carbocycles. The first kappa shape index (κ1) is 14.7. The van der Waals surface area contributed by atoms with Crippen LogP contribution in [-0.4, -0.2) is 16.8 Å². The third-order valence-corrected chi connectivity index (χ3v) is 2.40. The van der Waals surface area contributed by atoms with Gasteiger partial charge in [-0.15, -0.1) is 0 Å². The number of rotatable bonds is 8. The van der Waals surface area contributed by atoms with E-state index in [0.29, 0.717) is 6.42 Å². The minimum absolute atomic E-state index is 0.170. The van der Waals surface area contributed by atoms with Gasteiger partial charge >= 0.3 is 0 Å². The molecule has 0 aliphatic rings. The number of carbonyl (C=O) groups is 2. The molecule has 3 N–H and O–H groups in total. The second-order valence-corrected chi connectivity index (χ2v) is 3.91. The minimum Gasteiger partial charge on any atom is -0.511 e. The van der Waals surface area contributed by atoms with Crippen LogP contribution in [0.5, 0.6) is 0 Å². The molecule has 16 heavy (non-hydrogen) atoms. The zero-order valence-corrected chi connectivity index (χ0v) is 10.1. The Balaban J connectivity index is 4.18. The molecule has 0 aliphatic heterocycles. The lowest BCUT2D eigenvalue weighted by atomic mass is 10.1. The van der Waals surface area contributed by atoms with Gasteiger partial charge in [-0.3, -0.25) is 9.59 Å². The summed E-state index contributed by atoms with van der Waals surface area (Å²) in [5.41, 5.74) is 4.76. The molecular weight excluding hydrogens is 206 g/mol. The Morgan fingerprint density at radius 1 is 1.12 bits per heavy atom. The van der Waals surface area contributed by atoms with Gasteiger partial charge in [-0.05, 0) is 13.3 Å². The van der Waals surface area contributed by atoms with Crippen LogP contribution in [-0.2, 0) is 9.59 Å². The highest BCUT2D eigenvalue weighted by molar-refractivity contribution is 6.18. The van der Waals surface area contributed by atoms with Crippen LogP contribution in [0, 0.1) is 0 Å². The summed E-state index contributed by atoms with van der Waals surface area (Å²) in [6.07, 6.45) is 5.54. The Morgan fingerprint density at radius 3 is 2.12 bits per heavy atom. The second kappa shape index (κ2) is 7.91. The molecule has 0 rings (SSSR count). The maximum atomic E-state index is 11.0. The van der Waals surface area contributed by atoms with Crippen LogP contribution in [0.2, 0.25) is 0 Å². The standard InChI is InChI=1S/C12H21NO3/c1-3-4-5-6-7-8-10(15)11(9(2)14)12(13)16/h15H,3-8H2,1-2H3,(H2,13,16). The molecule has 0 heterocycles. The second-order valence-electron chi connectivity index (χ2n) is 3.91. The number of hydrogen-bond acceptors (Lipinski definition) is 3. The zero-order valence-electron chi connectivity index (χ0n) is 10.1. The minimum atomic E-state index is -0.849. The summed E-state index contributed by atoms with van der Waals surface area (Å²) in [4.78, 5) is 21.9. The van der Waals surface area contributed by atoms with Gasteiger partial charge in [0.2, 0.25) is 0 Å². The summed E-state index contributed by atoms with van der Waals surface area (Å²) < 4.78 is 0. The van der Waals surface area contributed by atoms with E-state index in [0.717, 1.165) is 25.7 Å². The van der Waals surface area contributed by atoms with Crippen LogP contribution >= 0.6 is 0 Å². The highest BCUT2D eigenvalue weighted by Crippen LogP contribution is 2.13. The van der Waals surface area contributed by atoms with Gasteiger partial charge in [0.25, 0.3) is 5.91 Å². The van der Waals surface area contributed by atoms with Crippen molar-refractivity contribution in [2.75, 3.05) is 0 Å². The summed E-state index contributed by atoms with van der Waals surface area (Å²) in [5, 5.41) is 9.56. The zero-order chi connectivity index (χ0) is 12.6. The Hall–Kier alpha value is -1.32. The van der Waals surface area contributed by atoms with Gasteiger partial charge in [-0.1, -0.05) is 32.6 Å².